The van der Waals surface area contributed by atoms with Gasteiger partial charge in [0, 0.05) is 12.6 Å². The lowest BCUT2D eigenvalue weighted by atomic mass is 9.93. The summed E-state index contributed by atoms with van der Waals surface area (Å²) < 4.78 is 38.5. The normalized spacial score (nSPS) is 23.3. The Morgan fingerprint density at radius 1 is 1.36 bits per heavy atom. The van der Waals surface area contributed by atoms with Crippen molar-refractivity contribution in [3.8, 4) is 0 Å². The summed E-state index contributed by atoms with van der Waals surface area (Å²) in [7, 11) is 0. The van der Waals surface area contributed by atoms with Gasteiger partial charge in [-0.05, 0) is 43.9 Å². The first-order valence-electron chi connectivity index (χ1n) is 7.61. The summed E-state index contributed by atoms with van der Waals surface area (Å²) in [6.45, 7) is 1.50. The highest BCUT2D eigenvalue weighted by Gasteiger charge is 2.51. The molecule has 0 bridgehead atoms. The molecule has 120 valence electrons. The van der Waals surface area contributed by atoms with E-state index in [0.29, 0.717) is 24.9 Å². The van der Waals surface area contributed by atoms with E-state index in [1.54, 1.807) is 6.07 Å². The van der Waals surface area contributed by atoms with Gasteiger partial charge < -0.3 is 10.6 Å². The Labute approximate surface area is 127 Å². The molecule has 1 atom stereocenters. The zero-order chi connectivity index (χ0) is 15.8. The number of halogens is 3. The van der Waals surface area contributed by atoms with Crippen molar-refractivity contribution in [2.45, 2.75) is 43.3 Å². The molecule has 2 aliphatic rings. The second-order valence-corrected chi connectivity index (χ2v) is 6.16. The molecule has 2 N–H and O–H groups in total. The van der Waals surface area contributed by atoms with E-state index >= 15 is 0 Å². The molecule has 1 aliphatic heterocycles. The SMILES string of the molecule is O=C(NCC1CCCN1)C1(c2cccc(C(F)(F)F)c2)CC1. The Balaban J connectivity index is 1.71. The van der Waals surface area contributed by atoms with Gasteiger partial charge in [-0.2, -0.15) is 13.2 Å². The summed E-state index contributed by atoms with van der Waals surface area (Å²) in [4.78, 5) is 12.4. The van der Waals surface area contributed by atoms with Crippen molar-refractivity contribution in [1.82, 2.24) is 10.6 Å². The van der Waals surface area contributed by atoms with Crippen LogP contribution < -0.4 is 10.6 Å². The maximum Gasteiger partial charge on any atom is 0.416 e. The molecule has 1 aromatic rings. The van der Waals surface area contributed by atoms with Crippen LogP contribution in [-0.4, -0.2) is 25.0 Å². The number of amides is 1. The minimum absolute atomic E-state index is 0.152. The molecule has 0 spiro atoms. The Morgan fingerprint density at radius 3 is 2.73 bits per heavy atom. The third kappa shape index (κ3) is 2.97. The van der Waals surface area contributed by atoms with Crippen LogP contribution in [0.2, 0.25) is 0 Å². The van der Waals surface area contributed by atoms with Crippen molar-refractivity contribution < 1.29 is 18.0 Å². The van der Waals surface area contributed by atoms with Crippen molar-refractivity contribution >= 4 is 5.91 Å². The van der Waals surface area contributed by atoms with Crippen LogP contribution in [0.3, 0.4) is 0 Å². The van der Waals surface area contributed by atoms with Crippen molar-refractivity contribution in [1.29, 1.82) is 0 Å². The number of hydrogen-bond acceptors (Lipinski definition) is 2. The number of hydrogen-bond donors (Lipinski definition) is 2. The molecule has 1 heterocycles. The molecule has 6 heteroatoms. The zero-order valence-corrected chi connectivity index (χ0v) is 12.2. The molecule has 1 aliphatic carbocycles. The van der Waals surface area contributed by atoms with Gasteiger partial charge in [0.2, 0.25) is 5.91 Å². The van der Waals surface area contributed by atoms with Crippen LogP contribution in [0.15, 0.2) is 24.3 Å². The Morgan fingerprint density at radius 2 is 2.14 bits per heavy atom. The molecule has 1 saturated carbocycles. The second-order valence-electron chi connectivity index (χ2n) is 6.16. The molecule has 3 nitrogen and oxygen atoms in total. The summed E-state index contributed by atoms with van der Waals surface area (Å²) >= 11 is 0. The van der Waals surface area contributed by atoms with Crippen molar-refractivity contribution in [3.63, 3.8) is 0 Å². The van der Waals surface area contributed by atoms with Crippen molar-refractivity contribution in [2.75, 3.05) is 13.1 Å². The van der Waals surface area contributed by atoms with Gasteiger partial charge >= 0.3 is 6.18 Å². The maximum absolute atomic E-state index is 12.8. The van der Waals surface area contributed by atoms with Crippen molar-refractivity contribution in [2.24, 2.45) is 0 Å². The molecule has 1 aromatic carbocycles. The van der Waals surface area contributed by atoms with Crippen LogP contribution in [-0.2, 0) is 16.4 Å². The van der Waals surface area contributed by atoms with E-state index in [1.807, 2.05) is 0 Å². The predicted molar refractivity (Wildman–Crippen MR) is 76.4 cm³/mol. The van der Waals surface area contributed by atoms with E-state index in [4.69, 9.17) is 0 Å². The molecule has 0 radical (unpaired) electrons. The first kappa shape index (κ1) is 15.3. The summed E-state index contributed by atoms with van der Waals surface area (Å²) in [6.07, 6.45) is -1.04. The topological polar surface area (TPSA) is 41.1 Å². The van der Waals surface area contributed by atoms with Crippen LogP contribution in [0.5, 0.6) is 0 Å². The van der Waals surface area contributed by atoms with Crippen LogP contribution in [0.4, 0.5) is 13.2 Å². The minimum atomic E-state index is -4.38. The summed E-state index contributed by atoms with van der Waals surface area (Å²) in [5.41, 5.74) is -0.986. The first-order valence-corrected chi connectivity index (χ1v) is 7.61. The largest absolute Gasteiger partial charge is 0.416 e. The molecule has 3 rings (SSSR count). The highest BCUT2D eigenvalue weighted by molar-refractivity contribution is 5.91. The van der Waals surface area contributed by atoms with E-state index in [0.717, 1.165) is 31.5 Å². The van der Waals surface area contributed by atoms with Gasteiger partial charge in [-0.15, -0.1) is 0 Å². The first-order chi connectivity index (χ1) is 10.4. The predicted octanol–water partition coefficient (Wildman–Crippen LogP) is 2.61. The summed E-state index contributed by atoms with van der Waals surface area (Å²) in [5.74, 6) is -0.152. The fourth-order valence-corrected chi connectivity index (χ4v) is 3.08. The average molecular weight is 312 g/mol. The molecule has 0 aromatic heterocycles. The van der Waals surface area contributed by atoms with E-state index < -0.39 is 17.2 Å². The number of rotatable bonds is 4. The summed E-state index contributed by atoms with van der Waals surface area (Å²) in [6, 6.07) is 5.43. The molecule has 2 fully saturated rings. The highest BCUT2D eigenvalue weighted by Crippen LogP contribution is 2.49. The highest BCUT2D eigenvalue weighted by atomic mass is 19.4. The Hall–Kier alpha value is -1.56. The monoisotopic (exact) mass is 312 g/mol. The van der Waals surface area contributed by atoms with Gasteiger partial charge in [-0.1, -0.05) is 18.2 Å². The maximum atomic E-state index is 12.8. The van der Waals surface area contributed by atoms with Crippen LogP contribution in [0.1, 0.15) is 36.8 Å². The number of nitrogens with one attached hydrogen (secondary N) is 2. The Kier molecular flexibility index (Phi) is 3.89. The van der Waals surface area contributed by atoms with Gasteiger partial charge in [-0.25, -0.2) is 0 Å². The lowest BCUT2D eigenvalue weighted by Crippen LogP contribution is -2.42. The molecular weight excluding hydrogens is 293 g/mol. The fraction of sp³-hybridized carbons (Fsp3) is 0.562. The summed E-state index contributed by atoms with van der Waals surface area (Å²) in [5, 5.41) is 6.19. The molecule has 1 saturated heterocycles. The zero-order valence-electron chi connectivity index (χ0n) is 12.2. The third-order valence-corrected chi connectivity index (χ3v) is 4.60. The van der Waals surface area contributed by atoms with Crippen LogP contribution in [0.25, 0.3) is 0 Å². The van der Waals surface area contributed by atoms with Gasteiger partial charge in [0.25, 0.3) is 0 Å². The average Bonchev–Trinajstić information content (AvgIpc) is 3.14. The number of benzene rings is 1. The standard InChI is InChI=1S/C16H19F3N2O/c17-16(18,19)12-4-1-3-11(9-12)15(6-7-15)14(22)21-10-13-5-2-8-20-13/h1,3-4,9,13,20H,2,5-8,10H2,(H,21,22). The van der Waals surface area contributed by atoms with Crippen LogP contribution >= 0.6 is 0 Å². The molecule has 1 amide bonds. The van der Waals surface area contributed by atoms with Crippen LogP contribution in [0, 0.1) is 0 Å². The fourth-order valence-electron chi connectivity index (χ4n) is 3.08. The van der Waals surface area contributed by atoms with Gasteiger partial charge in [-0.3, -0.25) is 4.79 Å². The second kappa shape index (κ2) is 5.57. The minimum Gasteiger partial charge on any atom is -0.354 e. The Bertz CT molecular complexity index is 561. The van der Waals surface area contributed by atoms with Crippen molar-refractivity contribution in [3.05, 3.63) is 35.4 Å². The van der Waals surface area contributed by atoms with Gasteiger partial charge in [0.05, 0.1) is 11.0 Å². The number of alkyl halides is 3. The molecule has 1 unspecified atom stereocenters. The van der Waals surface area contributed by atoms with E-state index in [9.17, 15) is 18.0 Å². The van der Waals surface area contributed by atoms with E-state index in [-0.39, 0.29) is 11.9 Å². The number of carbonyl (C=O) groups is 1. The van der Waals surface area contributed by atoms with E-state index in [2.05, 4.69) is 10.6 Å². The quantitative estimate of drug-likeness (QED) is 0.897. The number of carbonyl (C=O) groups excluding carboxylic acids is 1. The smallest absolute Gasteiger partial charge is 0.354 e. The van der Waals surface area contributed by atoms with Gasteiger partial charge in [0.1, 0.15) is 0 Å². The lowest BCUT2D eigenvalue weighted by molar-refractivity contribution is -0.137. The lowest BCUT2D eigenvalue weighted by Gasteiger charge is -2.19. The molecular formula is C16H19F3N2O. The van der Waals surface area contributed by atoms with E-state index in [1.165, 1.54) is 6.07 Å². The molecule has 22 heavy (non-hydrogen) atoms. The van der Waals surface area contributed by atoms with Gasteiger partial charge in [0.15, 0.2) is 0 Å². The third-order valence-electron chi connectivity index (χ3n) is 4.60.